The van der Waals surface area contributed by atoms with E-state index in [1.165, 1.54) is 16.2 Å². The van der Waals surface area contributed by atoms with Crippen molar-refractivity contribution in [2.75, 3.05) is 4.90 Å². The van der Waals surface area contributed by atoms with Crippen molar-refractivity contribution in [1.82, 2.24) is 4.98 Å². The van der Waals surface area contributed by atoms with Gasteiger partial charge in [-0.3, -0.25) is 14.5 Å². The number of Topliss-reactive ketones (excluding diaryl/α,β-unsaturated/α-hetero) is 1. The molecule has 4 rings (SSSR count). The van der Waals surface area contributed by atoms with E-state index < -0.39 is 17.7 Å². The molecule has 2 aromatic carbocycles. The summed E-state index contributed by atoms with van der Waals surface area (Å²) in [5, 5.41) is 12.0. The molecule has 0 spiro atoms. The second-order valence-electron chi connectivity index (χ2n) is 6.87. The fourth-order valence-corrected chi connectivity index (χ4v) is 4.82. The van der Waals surface area contributed by atoms with E-state index in [1.54, 1.807) is 24.3 Å². The molecule has 5 nitrogen and oxygen atoms in total. The summed E-state index contributed by atoms with van der Waals surface area (Å²) in [6.45, 7) is 3.77. The monoisotopic (exact) mass is 502 g/mol. The van der Waals surface area contributed by atoms with E-state index in [-0.39, 0.29) is 11.3 Å². The molecule has 0 radical (unpaired) electrons. The fraction of sp³-hybridized carbons (Fsp3) is 0.136. The average molecular weight is 504 g/mol. The Balaban J connectivity index is 1.96. The minimum absolute atomic E-state index is 0.0194. The number of ketones is 1. The van der Waals surface area contributed by atoms with Gasteiger partial charge in [-0.1, -0.05) is 39.7 Å². The van der Waals surface area contributed by atoms with Gasteiger partial charge in [0.25, 0.3) is 5.78 Å². The van der Waals surface area contributed by atoms with Crippen molar-refractivity contribution in [2.24, 2.45) is 0 Å². The van der Waals surface area contributed by atoms with E-state index in [9.17, 15) is 14.7 Å². The van der Waals surface area contributed by atoms with E-state index in [4.69, 9.17) is 11.6 Å². The maximum atomic E-state index is 13.1. The quantitative estimate of drug-likeness (QED) is 0.278. The molecule has 8 heteroatoms. The van der Waals surface area contributed by atoms with Crippen LogP contribution >= 0.6 is 38.9 Å². The first kappa shape index (κ1) is 20.8. The smallest absolute Gasteiger partial charge is 0.301 e. The van der Waals surface area contributed by atoms with E-state index in [0.29, 0.717) is 21.3 Å². The molecule has 2 heterocycles. The number of aliphatic hydroxyl groups is 1. The molecule has 1 amide bonds. The van der Waals surface area contributed by atoms with Gasteiger partial charge in [-0.15, -0.1) is 11.3 Å². The molecule has 30 heavy (non-hydrogen) atoms. The predicted octanol–water partition coefficient (Wildman–Crippen LogP) is 5.80. The summed E-state index contributed by atoms with van der Waals surface area (Å²) >= 11 is 10.7. The highest BCUT2D eigenvalue weighted by Gasteiger charge is 2.48. The Morgan fingerprint density at radius 3 is 2.47 bits per heavy atom. The van der Waals surface area contributed by atoms with Crippen LogP contribution in [0.4, 0.5) is 5.13 Å². The third-order valence-corrected chi connectivity index (χ3v) is 6.77. The first-order chi connectivity index (χ1) is 14.3. The van der Waals surface area contributed by atoms with Gasteiger partial charge in [-0.25, -0.2) is 4.98 Å². The Labute approximate surface area is 190 Å². The van der Waals surface area contributed by atoms with Crippen LogP contribution in [0.1, 0.15) is 27.7 Å². The minimum atomic E-state index is -0.803. The molecule has 1 saturated heterocycles. The van der Waals surface area contributed by atoms with Crippen molar-refractivity contribution in [2.45, 2.75) is 19.9 Å². The summed E-state index contributed by atoms with van der Waals surface area (Å²) in [7, 11) is 0. The Bertz CT molecular complexity index is 1180. The largest absolute Gasteiger partial charge is 0.507 e. The topological polar surface area (TPSA) is 70.5 Å². The summed E-state index contributed by atoms with van der Waals surface area (Å²) in [6, 6.07) is 13.0. The van der Waals surface area contributed by atoms with E-state index in [2.05, 4.69) is 20.9 Å². The van der Waals surface area contributed by atoms with Gasteiger partial charge in [0, 0.05) is 19.9 Å². The zero-order valence-electron chi connectivity index (χ0n) is 16.0. The molecule has 0 bridgehead atoms. The van der Waals surface area contributed by atoms with E-state index >= 15 is 0 Å². The molecule has 152 valence electrons. The number of amides is 1. The van der Waals surface area contributed by atoms with Gasteiger partial charge in [0.1, 0.15) is 5.76 Å². The lowest BCUT2D eigenvalue weighted by Crippen LogP contribution is -2.29. The number of hydrogen-bond donors (Lipinski definition) is 1. The van der Waals surface area contributed by atoms with Crippen LogP contribution in [0, 0.1) is 13.8 Å². The van der Waals surface area contributed by atoms with Gasteiger partial charge >= 0.3 is 5.91 Å². The third kappa shape index (κ3) is 3.57. The molecule has 1 fully saturated rings. The van der Waals surface area contributed by atoms with Gasteiger partial charge in [-0.2, -0.15) is 0 Å². The molecule has 1 unspecified atom stereocenters. The number of benzene rings is 2. The molecule has 1 aliphatic rings. The maximum absolute atomic E-state index is 13.1. The number of halogens is 2. The molecule has 1 atom stereocenters. The van der Waals surface area contributed by atoms with Crippen molar-refractivity contribution in [3.8, 4) is 0 Å². The second kappa shape index (κ2) is 7.98. The van der Waals surface area contributed by atoms with Gasteiger partial charge < -0.3 is 5.11 Å². The van der Waals surface area contributed by atoms with Crippen LogP contribution in [0.15, 0.2) is 58.6 Å². The zero-order chi connectivity index (χ0) is 21.6. The molecule has 1 aromatic heterocycles. The zero-order valence-corrected chi connectivity index (χ0v) is 19.2. The van der Waals surface area contributed by atoms with Crippen molar-refractivity contribution in [1.29, 1.82) is 0 Å². The highest BCUT2D eigenvalue weighted by atomic mass is 79.9. The highest BCUT2D eigenvalue weighted by Crippen LogP contribution is 2.44. The fourth-order valence-electron chi connectivity index (χ4n) is 3.34. The Morgan fingerprint density at radius 1 is 1.17 bits per heavy atom. The first-order valence-corrected chi connectivity index (χ1v) is 11.0. The lowest BCUT2D eigenvalue weighted by Gasteiger charge is -2.23. The number of carbonyl (C=O) groups excluding carboxylic acids is 2. The van der Waals surface area contributed by atoms with Crippen LogP contribution in [0.2, 0.25) is 5.02 Å². The number of thiazole rings is 1. The Morgan fingerprint density at radius 2 is 1.87 bits per heavy atom. The highest BCUT2D eigenvalue weighted by molar-refractivity contribution is 9.10. The van der Waals surface area contributed by atoms with Crippen LogP contribution in [0.3, 0.4) is 0 Å². The number of nitrogens with zero attached hydrogens (tertiary/aromatic N) is 2. The number of aryl methyl sites for hydroxylation is 2. The summed E-state index contributed by atoms with van der Waals surface area (Å²) in [6.07, 6.45) is 0. The third-order valence-electron chi connectivity index (χ3n) is 4.95. The van der Waals surface area contributed by atoms with Crippen molar-refractivity contribution >= 4 is 61.4 Å². The lowest BCUT2D eigenvalue weighted by molar-refractivity contribution is -0.132. The van der Waals surface area contributed by atoms with E-state index in [1.807, 2.05) is 38.1 Å². The van der Waals surface area contributed by atoms with Crippen molar-refractivity contribution in [3.63, 3.8) is 0 Å². The number of carbonyl (C=O) groups is 2. The first-order valence-electron chi connectivity index (χ1n) is 9.04. The summed E-state index contributed by atoms with van der Waals surface area (Å²) < 4.78 is 0.795. The maximum Gasteiger partial charge on any atom is 0.301 e. The number of rotatable bonds is 3. The van der Waals surface area contributed by atoms with Crippen LogP contribution < -0.4 is 4.90 Å². The average Bonchev–Trinajstić information content (AvgIpc) is 3.18. The van der Waals surface area contributed by atoms with Crippen molar-refractivity contribution in [3.05, 3.63) is 85.3 Å². The number of aliphatic hydroxyl groups excluding tert-OH is 1. The van der Waals surface area contributed by atoms with Crippen LogP contribution in [0.5, 0.6) is 0 Å². The second-order valence-corrected chi connectivity index (χ2v) is 9.40. The van der Waals surface area contributed by atoms with Crippen molar-refractivity contribution < 1.29 is 14.7 Å². The molecule has 1 N–H and O–H groups in total. The SMILES string of the molecule is Cc1nc(N2C(=O)C(=O)C(=C(O)c3ccc(Cl)cc3)C2c2cccc(Br)c2)sc1C. The normalized spacial score (nSPS) is 18.3. The molecule has 3 aromatic rings. The molecule has 0 saturated carbocycles. The van der Waals surface area contributed by atoms with Crippen LogP contribution in [-0.4, -0.2) is 21.8 Å². The molecular weight excluding hydrogens is 488 g/mol. The van der Waals surface area contributed by atoms with Gasteiger partial charge in [0.05, 0.1) is 17.3 Å². The summed E-state index contributed by atoms with van der Waals surface area (Å²) in [4.78, 5) is 32.9. The van der Waals surface area contributed by atoms with Crippen LogP contribution in [0.25, 0.3) is 5.76 Å². The van der Waals surface area contributed by atoms with Crippen LogP contribution in [-0.2, 0) is 9.59 Å². The van der Waals surface area contributed by atoms with Gasteiger partial charge in [-0.05, 0) is 55.8 Å². The number of anilines is 1. The molecule has 0 aliphatic carbocycles. The molecule has 1 aliphatic heterocycles. The van der Waals surface area contributed by atoms with E-state index in [0.717, 1.165) is 15.0 Å². The minimum Gasteiger partial charge on any atom is -0.507 e. The summed E-state index contributed by atoms with van der Waals surface area (Å²) in [5.41, 5.74) is 1.90. The standard InChI is InChI=1S/C22H16BrClN2O3S/c1-11-12(2)30-22(25-11)26-18(14-4-3-5-15(23)10-14)17(20(28)21(26)29)19(27)13-6-8-16(24)9-7-13/h3-10,18,27H,1-2H3. The summed E-state index contributed by atoms with van der Waals surface area (Å²) in [5.74, 6) is -1.72. The predicted molar refractivity (Wildman–Crippen MR) is 122 cm³/mol. The molecular formula is C22H16BrClN2O3S. The number of aromatic nitrogens is 1. The van der Waals surface area contributed by atoms with Gasteiger partial charge in [0.15, 0.2) is 5.13 Å². The number of hydrogen-bond acceptors (Lipinski definition) is 5. The van der Waals surface area contributed by atoms with Gasteiger partial charge in [0.2, 0.25) is 0 Å². The Hall–Kier alpha value is -2.48. The lowest BCUT2D eigenvalue weighted by atomic mass is 9.95. The Kier molecular flexibility index (Phi) is 5.53.